The first kappa shape index (κ1) is 11.8. The summed E-state index contributed by atoms with van der Waals surface area (Å²) in [7, 11) is 0. The predicted molar refractivity (Wildman–Crippen MR) is 67.8 cm³/mol. The maximum Gasteiger partial charge on any atom is 0.130 e. The number of hydrogen-bond acceptors (Lipinski definition) is 5. The summed E-state index contributed by atoms with van der Waals surface area (Å²) in [5.74, 6) is 0.782. The third kappa shape index (κ3) is 2.92. The number of nitrogens with one attached hydrogen (secondary N) is 1. The first-order valence-electron chi connectivity index (χ1n) is 6.06. The molecule has 0 saturated carbocycles. The number of rotatable bonds is 4. The van der Waals surface area contributed by atoms with Gasteiger partial charge in [-0.05, 0) is 45.3 Å². The molecule has 1 fully saturated rings. The maximum atomic E-state index is 3.87. The molecule has 5 heteroatoms. The minimum absolute atomic E-state index is 0.529. The van der Waals surface area contributed by atoms with Crippen LogP contribution in [0.4, 0.5) is 5.00 Å². The number of aromatic nitrogens is 2. The van der Waals surface area contributed by atoms with E-state index in [0.29, 0.717) is 6.04 Å². The van der Waals surface area contributed by atoms with Crippen molar-refractivity contribution in [2.24, 2.45) is 5.92 Å². The molecular weight excluding hydrogens is 220 g/mol. The van der Waals surface area contributed by atoms with E-state index in [0.717, 1.165) is 10.9 Å². The SMILES string of the molecule is CCN1CCC(C(C)Nc2cnns2)CC1. The van der Waals surface area contributed by atoms with Gasteiger partial charge in [0.25, 0.3) is 0 Å². The summed E-state index contributed by atoms with van der Waals surface area (Å²) < 4.78 is 3.87. The lowest BCUT2D eigenvalue weighted by molar-refractivity contribution is 0.183. The minimum Gasteiger partial charge on any atom is -0.372 e. The zero-order chi connectivity index (χ0) is 11.4. The molecular formula is C11H20N4S. The Morgan fingerprint density at radius 3 is 2.88 bits per heavy atom. The highest BCUT2D eigenvalue weighted by atomic mass is 32.1. The summed E-state index contributed by atoms with van der Waals surface area (Å²) in [6.45, 7) is 8.19. The molecule has 1 aromatic rings. The minimum atomic E-state index is 0.529. The van der Waals surface area contributed by atoms with E-state index in [-0.39, 0.29) is 0 Å². The third-order valence-corrected chi connectivity index (χ3v) is 4.11. The molecule has 1 atom stereocenters. The number of likely N-dealkylation sites (tertiary alicyclic amines) is 1. The van der Waals surface area contributed by atoms with Crippen LogP contribution in [0.25, 0.3) is 0 Å². The molecule has 1 aliphatic heterocycles. The Balaban J connectivity index is 1.80. The maximum absolute atomic E-state index is 3.87. The highest BCUT2D eigenvalue weighted by molar-refractivity contribution is 7.09. The van der Waals surface area contributed by atoms with Gasteiger partial charge in [0.2, 0.25) is 0 Å². The van der Waals surface area contributed by atoms with Gasteiger partial charge in [0, 0.05) is 17.6 Å². The van der Waals surface area contributed by atoms with Crippen LogP contribution in [0.5, 0.6) is 0 Å². The van der Waals surface area contributed by atoms with Crippen molar-refractivity contribution >= 4 is 16.5 Å². The Kier molecular flexibility index (Phi) is 4.12. The Morgan fingerprint density at radius 1 is 1.56 bits per heavy atom. The molecule has 1 unspecified atom stereocenters. The molecule has 0 aromatic carbocycles. The molecule has 0 spiro atoms. The summed E-state index contributed by atoms with van der Waals surface area (Å²) in [5, 5.41) is 8.43. The lowest BCUT2D eigenvalue weighted by Gasteiger charge is -2.34. The largest absolute Gasteiger partial charge is 0.372 e. The van der Waals surface area contributed by atoms with Crippen LogP contribution in [-0.4, -0.2) is 40.2 Å². The lowest BCUT2D eigenvalue weighted by atomic mass is 9.90. The molecule has 16 heavy (non-hydrogen) atoms. The van der Waals surface area contributed by atoms with Crippen molar-refractivity contribution in [3.63, 3.8) is 0 Å². The van der Waals surface area contributed by atoms with Gasteiger partial charge in [-0.1, -0.05) is 11.4 Å². The second-order valence-corrected chi connectivity index (χ2v) is 5.27. The topological polar surface area (TPSA) is 41.0 Å². The van der Waals surface area contributed by atoms with Crippen molar-refractivity contribution < 1.29 is 0 Å². The van der Waals surface area contributed by atoms with E-state index in [9.17, 15) is 0 Å². The van der Waals surface area contributed by atoms with Crippen molar-refractivity contribution in [2.45, 2.75) is 32.7 Å². The van der Waals surface area contributed by atoms with Crippen LogP contribution in [0, 0.1) is 5.92 Å². The van der Waals surface area contributed by atoms with Crippen LogP contribution < -0.4 is 5.32 Å². The lowest BCUT2D eigenvalue weighted by Crippen LogP contribution is -2.38. The van der Waals surface area contributed by atoms with Gasteiger partial charge in [0.1, 0.15) is 5.00 Å². The van der Waals surface area contributed by atoms with E-state index in [2.05, 4.69) is 33.7 Å². The van der Waals surface area contributed by atoms with E-state index >= 15 is 0 Å². The Hall–Kier alpha value is -0.680. The molecule has 1 saturated heterocycles. The summed E-state index contributed by atoms with van der Waals surface area (Å²) in [5.41, 5.74) is 0. The molecule has 0 aliphatic carbocycles. The molecule has 2 heterocycles. The second kappa shape index (κ2) is 5.59. The fourth-order valence-corrected chi connectivity index (χ4v) is 2.86. The fraction of sp³-hybridized carbons (Fsp3) is 0.818. The molecule has 1 aliphatic rings. The van der Waals surface area contributed by atoms with Crippen LogP contribution in [0.1, 0.15) is 26.7 Å². The number of nitrogens with zero attached hydrogens (tertiary/aromatic N) is 3. The number of anilines is 1. The molecule has 1 N–H and O–H groups in total. The average molecular weight is 240 g/mol. The average Bonchev–Trinajstić information content (AvgIpc) is 2.82. The van der Waals surface area contributed by atoms with Crippen LogP contribution in [0.2, 0.25) is 0 Å². The monoisotopic (exact) mass is 240 g/mol. The first-order chi connectivity index (χ1) is 7.79. The summed E-state index contributed by atoms with van der Waals surface area (Å²) >= 11 is 1.44. The zero-order valence-electron chi connectivity index (χ0n) is 10.0. The van der Waals surface area contributed by atoms with E-state index in [1.165, 1.54) is 44.0 Å². The molecule has 0 bridgehead atoms. The standard InChI is InChI=1S/C11H20N4S/c1-3-15-6-4-10(5-7-15)9(2)13-11-8-12-14-16-11/h8-10,13H,3-7H2,1-2H3. The van der Waals surface area contributed by atoms with Crippen molar-refractivity contribution in [3.05, 3.63) is 6.20 Å². The van der Waals surface area contributed by atoms with Crippen molar-refractivity contribution in [1.82, 2.24) is 14.5 Å². The predicted octanol–water partition coefficient (Wildman–Crippen LogP) is 2.07. The Morgan fingerprint density at radius 2 is 2.31 bits per heavy atom. The van der Waals surface area contributed by atoms with E-state index in [4.69, 9.17) is 0 Å². The van der Waals surface area contributed by atoms with Crippen LogP contribution in [0.3, 0.4) is 0 Å². The van der Waals surface area contributed by atoms with Gasteiger partial charge in [-0.3, -0.25) is 0 Å². The Bertz CT molecular complexity index is 293. The molecule has 90 valence electrons. The molecule has 2 rings (SSSR count). The van der Waals surface area contributed by atoms with Gasteiger partial charge in [0.15, 0.2) is 0 Å². The quantitative estimate of drug-likeness (QED) is 0.875. The third-order valence-electron chi connectivity index (χ3n) is 3.52. The highest BCUT2D eigenvalue weighted by Crippen LogP contribution is 2.23. The van der Waals surface area contributed by atoms with Gasteiger partial charge in [0.05, 0.1) is 6.20 Å². The van der Waals surface area contributed by atoms with E-state index in [1.54, 1.807) is 0 Å². The van der Waals surface area contributed by atoms with Crippen LogP contribution in [-0.2, 0) is 0 Å². The van der Waals surface area contributed by atoms with Gasteiger partial charge >= 0.3 is 0 Å². The smallest absolute Gasteiger partial charge is 0.130 e. The van der Waals surface area contributed by atoms with Crippen LogP contribution in [0.15, 0.2) is 6.20 Å². The van der Waals surface area contributed by atoms with Gasteiger partial charge in [-0.15, -0.1) is 5.10 Å². The van der Waals surface area contributed by atoms with Gasteiger partial charge in [-0.2, -0.15) is 0 Å². The van der Waals surface area contributed by atoms with Crippen molar-refractivity contribution in [1.29, 1.82) is 0 Å². The number of hydrogen-bond donors (Lipinski definition) is 1. The molecule has 1 aromatic heterocycles. The van der Waals surface area contributed by atoms with Crippen molar-refractivity contribution in [2.75, 3.05) is 25.0 Å². The molecule has 4 nitrogen and oxygen atoms in total. The summed E-state index contributed by atoms with van der Waals surface area (Å²) in [4.78, 5) is 2.53. The first-order valence-corrected chi connectivity index (χ1v) is 6.83. The Labute approximate surface area is 101 Å². The normalized spacial score (nSPS) is 20.9. The number of piperidine rings is 1. The van der Waals surface area contributed by atoms with Gasteiger partial charge < -0.3 is 10.2 Å². The summed E-state index contributed by atoms with van der Waals surface area (Å²) in [6, 6.07) is 0.529. The van der Waals surface area contributed by atoms with Crippen LogP contribution >= 0.6 is 11.5 Å². The van der Waals surface area contributed by atoms with Crippen molar-refractivity contribution in [3.8, 4) is 0 Å². The summed E-state index contributed by atoms with van der Waals surface area (Å²) in [6.07, 6.45) is 4.41. The van der Waals surface area contributed by atoms with E-state index in [1.807, 2.05) is 6.20 Å². The highest BCUT2D eigenvalue weighted by Gasteiger charge is 2.23. The molecule has 0 radical (unpaired) electrons. The fourth-order valence-electron chi connectivity index (χ4n) is 2.34. The van der Waals surface area contributed by atoms with E-state index < -0.39 is 0 Å². The van der Waals surface area contributed by atoms with Gasteiger partial charge in [-0.25, -0.2) is 0 Å². The molecule has 0 amide bonds. The second-order valence-electron chi connectivity index (χ2n) is 4.49. The zero-order valence-corrected chi connectivity index (χ0v) is 10.8.